The van der Waals surface area contributed by atoms with Crippen LogP contribution in [-0.2, 0) is 16.0 Å². The van der Waals surface area contributed by atoms with Crippen LogP contribution in [0.5, 0.6) is 0 Å². The third-order valence-corrected chi connectivity index (χ3v) is 5.22. The van der Waals surface area contributed by atoms with Gasteiger partial charge in [-0.2, -0.15) is 0 Å². The van der Waals surface area contributed by atoms with Crippen molar-refractivity contribution in [2.75, 3.05) is 6.54 Å². The average Bonchev–Trinajstić information content (AvgIpc) is 3.25. The molecule has 0 unspecified atom stereocenters. The lowest BCUT2D eigenvalue weighted by atomic mass is 10.1. The second-order valence-electron chi connectivity index (χ2n) is 6.94. The molecule has 10 nitrogen and oxygen atoms in total. The third kappa shape index (κ3) is 8.57. The van der Waals surface area contributed by atoms with Crippen LogP contribution in [0.2, 0.25) is 0 Å². The summed E-state index contributed by atoms with van der Waals surface area (Å²) in [5.41, 5.74) is 0.537. The number of carboxylic acids is 2. The number of amides is 3. The van der Waals surface area contributed by atoms with Crippen molar-refractivity contribution in [1.29, 1.82) is 0 Å². The van der Waals surface area contributed by atoms with E-state index in [9.17, 15) is 29.4 Å². The lowest BCUT2D eigenvalue weighted by molar-refractivity contribution is -0.139. The summed E-state index contributed by atoms with van der Waals surface area (Å²) in [6.07, 6.45) is 2.38. The zero-order chi connectivity index (χ0) is 23.5. The fraction of sp³-hybridized carbons (Fsp3) is 0.333. The molecule has 11 heteroatoms. The van der Waals surface area contributed by atoms with Crippen LogP contribution in [0, 0.1) is 3.57 Å². The first kappa shape index (κ1) is 25.2. The monoisotopic (exact) mass is 557 g/mol. The van der Waals surface area contributed by atoms with E-state index >= 15 is 0 Å². The molecule has 2 rings (SSSR count). The zero-order valence-corrected chi connectivity index (χ0v) is 19.2. The highest BCUT2D eigenvalue weighted by Gasteiger charge is 2.25. The van der Waals surface area contributed by atoms with Crippen LogP contribution in [0.4, 0.5) is 4.79 Å². The van der Waals surface area contributed by atoms with Gasteiger partial charge in [-0.15, -0.1) is 0 Å². The van der Waals surface area contributed by atoms with Crippen LogP contribution < -0.4 is 16.0 Å². The summed E-state index contributed by atoms with van der Waals surface area (Å²) < 4.78 is 6.10. The molecule has 32 heavy (non-hydrogen) atoms. The Morgan fingerprint density at radius 3 is 2.19 bits per heavy atom. The Balaban J connectivity index is 1.74. The number of unbranched alkanes of at least 4 members (excludes halogenated alkanes) is 1. The van der Waals surface area contributed by atoms with Crippen molar-refractivity contribution >= 4 is 46.5 Å². The van der Waals surface area contributed by atoms with Gasteiger partial charge in [-0.3, -0.25) is 4.79 Å². The molecule has 2 aromatic rings. The van der Waals surface area contributed by atoms with E-state index in [1.807, 2.05) is 12.1 Å². The van der Waals surface area contributed by atoms with E-state index in [1.54, 1.807) is 24.3 Å². The van der Waals surface area contributed by atoms with Crippen LogP contribution in [0.1, 0.15) is 35.4 Å². The summed E-state index contributed by atoms with van der Waals surface area (Å²) in [5.74, 6) is -2.35. The number of benzene rings is 1. The molecule has 172 valence electrons. The van der Waals surface area contributed by atoms with Gasteiger partial charge in [0, 0.05) is 22.1 Å². The maximum atomic E-state index is 12.1. The van der Waals surface area contributed by atoms with Gasteiger partial charge in [0.15, 0.2) is 0 Å². The summed E-state index contributed by atoms with van der Waals surface area (Å²) in [7, 11) is 0. The maximum absolute atomic E-state index is 12.1. The molecule has 0 radical (unpaired) electrons. The number of rotatable bonds is 12. The van der Waals surface area contributed by atoms with Gasteiger partial charge in [-0.1, -0.05) is 0 Å². The van der Waals surface area contributed by atoms with Gasteiger partial charge in [0.1, 0.15) is 17.8 Å². The first-order chi connectivity index (χ1) is 15.3. The number of halogens is 1. The molecule has 1 aromatic heterocycles. The topological polar surface area (TPSA) is 158 Å². The van der Waals surface area contributed by atoms with Gasteiger partial charge < -0.3 is 30.6 Å². The Bertz CT molecular complexity index is 916. The highest BCUT2D eigenvalue weighted by molar-refractivity contribution is 14.1. The van der Waals surface area contributed by atoms with E-state index in [0.29, 0.717) is 30.7 Å². The largest absolute Gasteiger partial charge is 0.480 e. The number of hydrogen-bond donors (Lipinski definition) is 5. The van der Waals surface area contributed by atoms with Crippen molar-refractivity contribution in [2.24, 2.45) is 0 Å². The van der Waals surface area contributed by atoms with Crippen LogP contribution in [0.3, 0.4) is 0 Å². The van der Waals surface area contributed by atoms with Gasteiger partial charge in [0.2, 0.25) is 0 Å². The van der Waals surface area contributed by atoms with Gasteiger partial charge in [0.05, 0.1) is 6.26 Å². The van der Waals surface area contributed by atoms with Crippen molar-refractivity contribution in [2.45, 2.75) is 37.8 Å². The second kappa shape index (κ2) is 12.7. The molecule has 1 heterocycles. The molecule has 0 aliphatic carbocycles. The van der Waals surface area contributed by atoms with Gasteiger partial charge in [0.25, 0.3) is 5.91 Å². The van der Waals surface area contributed by atoms with Crippen LogP contribution in [0.25, 0.3) is 0 Å². The summed E-state index contributed by atoms with van der Waals surface area (Å²) in [6.45, 7) is 0.355. The lowest BCUT2D eigenvalue weighted by Crippen LogP contribution is -2.51. The second-order valence-corrected chi connectivity index (χ2v) is 8.19. The van der Waals surface area contributed by atoms with Gasteiger partial charge >= 0.3 is 18.0 Å². The SMILES string of the molecule is O=C(N[C@@H](CCCCNC(=O)c1ccc(I)cc1)C(=O)O)N[C@@H](Cc1ccco1)C(=O)O. The van der Waals surface area contributed by atoms with E-state index in [4.69, 9.17) is 4.42 Å². The van der Waals surface area contributed by atoms with E-state index in [1.165, 1.54) is 6.26 Å². The minimum Gasteiger partial charge on any atom is -0.480 e. The summed E-state index contributed by atoms with van der Waals surface area (Å²) >= 11 is 2.15. The molecular formula is C21H24IN3O7. The predicted molar refractivity (Wildman–Crippen MR) is 122 cm³/mol. The Morgan fingerprint density at radius 1 is 0.938 bits per heavy atom. The number of furan rings is 1. The van der Waals surface area contributed by atoms with Gasteiger partial charge in [-0.05, 0) is 78.3 Å². The van der Waals surface area contributed by atoms with E-state index < -0.39 is 30.1 Å². The lowest BCUT2D eigenvalue weighted by Gasteiger charge is -2.18. The number of hydrogen-bond acceptors (Lipinski definition) is 5. The van der Waals surface area contributed by atoms with Crippen LogP contribution in [-0.4, -0.2) is 52.7 Å². The number of carboxylic acid groups (broad SMARTS) is 2. The molecule has 0 saturated carbocycles. The number of carbonyl (C=O) groups excluding carboxylic acids is 2. The van der Waals surface area contributed by atoms with Crippen molar-refractivity contribution in [3.63, 3.8) is 0 Å². The first-order valence-electron chi connectivity index (χ1n) is 9.85. The highest BCUT2D eigenvalue weighted by Crippen LogP contribution is 2.08. The molecule has 1 aromatic carbocycles. The Morgan fingerprint density at radius 2 is 1.59 bits per heavy atom. The smallest absolute Gasteiger partial charge is 0.326 e. The first-order valence-corrected chi connectivity index (χ1v) is 10.9. The van der Waals surface area contributed by atoms with Crippen molar-refractivity contribution in [1.82, 2.24) is 16.0 Å². The third-order valence-electron chi connectivity index (χ3n) is 4.50. The van der Waals surface area contributed by atoms with Crippen LogP contribution in [0.15, 0.2) is 47.1 Å². The number of aliphatic carboxylic acids is 2. The standard InChI is InChI=1S/C21H24IN3O7/c22-14-8-6-13(7-9-14)18(26)23-10-2-1-5-16(19(27)28)24-21(31)25-17(20(29)30)12-15-4-3-11-32-15/h3-4,6-9,11,16-17H,1-2,5,10,12H2,(H,23,26)(H,27,28)(H,29,30)(H2,24,25,31)/t16-,17-/m0/s1. The van der Waals surface area contributed by atoms with E-state index in [2.05, 4.69) is 38.5 Å². The zero-order valence-electron chi connectivity index (χ0n) is 17.0. The van der Waals surface area contributed by atoms with Gasteiger partial charge in [-0.25, -0.2) is 14.4 Å². The average molecular weight is 557 g/mol. The minimum atomic E-state index is -1.27. The highest BCUT2D eigenvalue weighted by atomic mass is 127. The quantitative estimate of drug-likeness (QED) is 0.198. The molecule has 2 atom stereocenters. The number of nitrogens with one attached hydrogen (secondary N) is 3. The fourth-order valence-electron chi connectivity index (χ4n) is 2.82. The van der Waals surface area contributed by atoms with Crippen molar-refractivity contribution in [3.8, 4) is 0 Å². The predicted octanol–water partition coefficient (Wildman–Crippen LogP) is 2.23. The fourth-order valence-corrected chi connectivity index (χ4v) is 3.18. The Kier molecular flexibility index (Phi) is 9.98. The van der Waals surface area contributed by atoms with Crippen molar-refractivity contribution < 1.29 is 33.8 Å². The molecule has 0 spiro atoms. The normalized spacial score (nSPS) is 12.4. The number of carbonyl (C=O) groups is 4. The maximum Gasteiger partial charge on any atom is 0.326 e. The molecule has 0 aliphatic rings. The summed E-state index contributed by atoms with van der Waals surface area (Å²) in [4.78, 5) is 47.0. The molecular weight excluding hydrogens is 533 g/mol. The van der Waals surface area contributed by atoms with Crippen LogP contribution >= 0.6 is 22.6 Å². The van der Waals surface area contributed by atoms with E-state index in [-0.39, 0.29) is 18.7 Å². The molecule has 5 N–H and O–H groups in total. The summed E-state index contributed by atoms with van der Waals surface area (Å²) in [6, 6.07) is 6.90. The van der Waals surface area contributed by atoms with Crippen molar-refractivity contribution in [3.05, 3.63) is 57.6 Å². The summed E-state index contributed by atoms with van der Waals surface area (Å²) in [5, 5.41) is 25.9. The van der Waals surface area contributed by atoms with E-state index in [0.717, 1.165) is 3.57 Å². The molecule has 3 amide bonds. The molecule has 0 saturated heterocycles. The Hall–Kier alpha value is -3.09. The Labute approximate surface area is 197 Å². The molecule has 0 aliphatic heterocycles. The molecule has 0 bridgehead atoms. The molecule has 0 fully saturated rings. The number of urea groups is 1. The minimum absolute atomic E-state index is 0.0756.